The maximum atomic E-state index is 12.6. The molecule has 1 amide bonds. The topological polar surface area (TPSA) is 36.4 Å². The molecule has 4 heteroatoms. The van der Waals surface area contributed by atoms with Gasteiger partial charge in [-0.25, -0.2) is 0 Å². The maximum absolute atomic E-state index is 12.6. The van der Waals surface area contributed by atoms with Crippen LogP contribution in [0.2, 0.25) is 0 Å². The van der Waals surface area contributed by atoms with E-state index in [2.05, 4.69) is 34.0 Å². The molecule has 1 aliphatic carbocycles. The van der Waals surface area contributed by atoms with Crippen LogP contribution in [0.15, 0.2) is 36.0 Å². The van der Waals surface area contributed by atoms with Gasteiger partial charge in [0, 0.05) is 38.3 Å². The van der Waals surface area contributed by atoms with Gasteiger partial charge in [0.1, 0.15) is 0 Å². The first kappa shape index (κ1) is 18.1. The standard InChI is InChI=1S/C21H31N3O/c1-23(17-19-10-5-6-13-22-19)20-11-7-14-24(15-12-20)21(25)16-18-8-3-2-4-9-18/h5-6,8,10,13,20H,2-4,7,9,11-12,14-17H2,1H3. The molecule has 1 unspecified atom stereocenters. The Balaban J connectivity index is 1.49. The highest BCUT2D eigenvalue weighted by Gasteiger charge is 2.23. The highest BCUT2D eigenvalue weighted by atomic mass is 16.2. The van der Waals surface area contributed by atoms with E-state index in [1.54, 1.807) is 0 Å². The van der Waals surface area contributed by atoms with Gasteiger partial charge in [-0.15, -0.1) is 0 Å². The van der Waals surface area contributed by atoms with Crippen molar-refractivity contribution in [3.05, 3.63) is 41.7 Å². The first-order valence-corrected chi connectivity index (χ1v) is 9.78. The molecule has 3 rings (SSSR count). The smallest absolute Gasteiger partial charge is 0.226 e. The zero-order valence-electron chi connectivity index (χ0n) is 15.5. The van der Waals surface area contributed by atoms with Gasteiger partial charge in [0.2, 0.25) is 5.91 Å². The molecule has 0 spiro atoms. The lowest BCUT2D eigenvalue weighted by atomic mass is 9.97. The number of carbonyl (C=O) groups is 1. The van der Waals surface area contributed by atoms with Crippen molar-refractivity contribution < 1.29 is 4.79 Å². The van der Waals surface area contributed by atoms with E-state index >= 15 is 0 Å². The van der Waals surface area contributed by atoms with E-state index in [1.807, 2.05) is 18.3 Å². The summed E-state index contributed by atoms with van der Waals surface area (Å²) in [5, 5.41) is 0. The summed E-state index contributed by atoms with van der Waals surface area (Å²) in [5.74, 6) is 0.334. The fourth-order valence-corrected chi connectivity index (χ4v) is 4.02. The van der Waals surface area contributed by atoms with Crippen LogP contribution in [0.5, 0.6) is 0 Å². The van der Waals surface area contributed by atoms with Crippen molar-refractivity contribution in [2.75, 3.05) is 20.1 Å². The molecule has 1 fully saturated rings. The van der Waals surface area contributed by atoms with Gasteiger partial charge in [0.15, 0.2) is 0 Å². The number of rotatable bonds is 5. The predicted molar refractivity (Wildman–Crippen MR) is 101 cm³/mol. The molecule has 136 valence electrons. The van der Waals surface area contributed by atoms with Gasteiger partial charge < -0.3 is 4.90 Å². The van der Waals surface area contributed by atoms with E-state index in [9.17, 15) is 4.79 Å². The van der Waals surface area contributed by atoms with Gasteiger partial charge >= 0.3 is 0 Å². The van der Waals surface area contributed by atoms with E-state index in [0.717, 1.165) is 57.4 Å². The Bertz CT molecular complexity index is 584. The molecule has 2 aliphatic rings. The second-order valence-corrected chi connectivity index (χ2v) is 7.49. The molecule has 1 atom stereocenters. The molecule has 0 radical (unpaired) electrons. The first-order valence-electron chi connectivity index (χ1n) is 9.78. The summed E-state index contributed by atoms with van der Waals surface area (Å²) in [6.45, 7) is 2.69. The molecule has 0 saturated carbocycles. The van der Waals surface area contributed by atoms with Crippen LogP contribution >= 0.6 is 0 Å². The lowest BCUT2D eigenvalue weighted by Gasteiger charge is -2.27. The largest absolute Gasteiger partial charge is 0.342 e. The summed E-state index contributed by atoms with van der Waals surface area (Å²) in [5.41, 5.74) is 2.48. The zero-order chi connectivity index (χ0) is 17.5. The quantitative estimate of drug-likeness (QED) is 0.765. The lowest BCUT2D eigenvalue weighted by molar-refractivity contribution is -0.130. The second-order valence-electron chi connectivity index (χ2n) is 7.49. The average molecular weight is 341 g/mol. The van der Waals surface area contributed by atoms with E-state index in [-0.39, 0.29) is 0 Å². The Morgan fingerprint density at radius 2 is 2.16 bits per heavy atom. The van der Waals surface area contributed by atoms with Crippen LogP contribution in [-0.4, -0.2) is 46.9 Å². The molecule has 2 heterocycles. The fraction of sp³-hybridized carbons (Fsp3) is 0.619. The van der Waals surface area contributed by atoms with Crippen molar-refractivity contribution in [1.29, 1.82) is 0 Å². The summed E-state index contributed by atoms with van der Waals surface area (Å²) >= 11 is 0. The lowest BCUT2D eigenvalue weighted by Crippen LogP contribution is -2.35. The molecular formula is C21H31N3O. The van der Waals surface area contributed by atoms with Crippen molar-refractivity contribution in [2.45, 2.75) is 64.0 Å². The van der Waals surface area contributed by atoms with Crippen LogP contribution in [0.4, 0.5) is 0 Å². The van der Waals surface area contributed by atoms with Gasteiger partial charge in [0.25, 0.3) is 0 Å². The number of likely N-dealkylation sites (tertiary alicyclic amines) is 1. The minimum Gasteiger partial charge on any atom is -0.342 e. The van der Waals surface area contributed by atoms with Gasteiger partial charge in [0.05, 0.1) is 5.69 Å². The third-order valence-corrected chi connectivity index (χ3v) is 5.57. The van der Waals surface area contributed by atoms with Gasteiger partial charge in [-0.3, -0.25) is 14.7 Å². The number of nitrogens with zero attached hydrogens (tertiary/aromatic N) is 3. The highest BCUT2D eigenvalue weighted by Crippen LogP contribution is 2.23. The fourth-order valence-electron chi connectivity index (χ4n) is 4.02. The van der Waals surface area contributed by atoms with E-state index in [4.69, 9.17) is 0 Å². The molecule has 1 aromatic heterocycles. The monoisotopic (exact) mass is 341 g/mol. The van der Waals surface area contributed by atoms with Crippen molar-refractivity contribution >= 4 is 5.91 Å². The number of hydrogen-bond donors (Lipinski definition) is 0. The summed E-state index contributed by atoms with van der Waals surface area (Å²) in [7, 11) is 2.18. The number of carbonyl (C=O) groups excluding carboxylic acids is 1. The van der Waals surface area contributed by atoms with E-state index < -0.39 is 0 Å². The van der Waals surface area contributed by atoms with Gasteiger partial charge in [-0.2, -0.15) is 0 Å². The molecule has 0 aromatic carbocycles. The van der Waals surface area contributed by atoms with E-state index in [0.29, 0.717) is 18.4 Å². The number of amides is 1. The normalized spacial score (nSPS) is 21.8. The summed E-state index contributed by atoms with van der Waals surface area (Å²) in [6.07, 6.45) is 12.9. The van der Waals surface area contributed by atoms with Crippen LogP contribution in [0.3, 0.4) is 0 Å². The summed E-state index contributed by atoms with van der Waals surface area (Å²) in [6, 6.07) is 6.62. The van der Waals surface area contributed by atoms with Crippen LogP contribution in [0.25, 0.3) is 0 Å². The molecular weight excluding hydrogens is 310 g/mol. The van der Waals surface area contributed by atoms with Crippen molar-refractivity contribution in [2.24, 2.45) is 0 Å². The minimum atomic E-state index is 0.334. The van der Waals surface area contributed by atoms with Crippen LogP contribution in [0, 0.1) is 0 Å². The maximum Gasteiger partial charge on any atom is 0.226 e. The van der Waals surface area contributed by atoms with Crippen molar-refractivity contribution in [1.82, 2.24) is 14.8 Å². The summed E-state index contributed by atoms with van der Waals surface area (Å²) < 4.78 is 0. The number of allylic oxidation sites excluding steroid dienone is 1. The second kappa shape index (κ2) is 9.14. The molecule has 0 bridgehead atoms. The Morgan fingerprint density at radius 3 is 2.92 bits per heavy atom. The molecule has 25 heavy (non-hydrogen) atoms. The van der Waals surface area contributed by atoms with Crippen LogP contribution in [-0.2, 0) is 11.3 Å². The predicted octanol–water partition coefficient (Wildman–Crippen LogP) is 3.79. The van der Waals surface area contributed by atoms with Crippen molar-refractivity contribution in [3.8, 4) is 0 Å². The zero-order valence-corrected chi connectivity index (χ0v) is 15.5. The van der Waals surface area contributed by atoms with Crippen LogP contribution in [0.1, 0.15) is 57.1 Å². The first-order chi connectivity index (χ1) is 12.2. The third-order valence-electron chi connectivity index (χ3n) is 5.57. The molecule has 0 N–H and O–H groups in total. The highest BCUT2D eigenvalue weighted by molar-refractivity contribution is 5.78. The van der Waals surface area contributed by atoms with E-state index in [1.165, 1.54) is 18.4 Å². The average Bonchev–Trinajstić information content (AvgIpc) is 2.90. The number of hydrogen-bond acceptors (Lipinski definition) is 3. The molecule has 1 aliphatic heterocycles. The SMILES string of the molecule is CN(Cc1ccccn1)C1CCCN(C(=O)CC2=CCCCC2)CC1. The van der Waals surface area contributed by atoms with Gasteiger partial charge in [-0.1, -0.05) is 17.7 Å². The third kappa shape index (κ3) is 5.40. The molecule has 4 nitrogen and oxygen atoms in total. The van der Waals surface area contributed by atoms with Crippen molar-refractivity contribution in [3.63, 3.8) is 0 Å². The number of pyridine rings is 1. The molecule has 1 aromatic rings. The Hall–Kier alpha value is -1.68. The Morgan fingerprint density at radius 1 is 1.24 bits per heavy atom. The minimum absolute atomic E-state index is 0.334. The van der Waals surface area contributed by atoms with Crippen LogP contribution < -0.4 is 0 Å². The Kier molecular flexibility index (Phi) is 6.62. The molecule has 1 saturated heterocycles. The Labute approximate surface area is 151 Å². The van der Waals surface area contributed by atoms with Gasteiger partial charge in [-0.05, 0) is 64.1 Å². The number of aromatic nitrogens is 1. The summed E-state index contributed by atoms with van der Waals surface area (Å²) in [4.78, 5) is 21.6.